The van der Waals surface area contributed by atoms with E-state index in [4.69, 9.17) is 0 Å². The lowest BCUT2D eigenvalue weighted by molar-refractivity contribution is 0.409. The molecule has 290 valence electrons. The molecule has 6 aromatic rings. The molecule has 1 aliphatic carbocycles. The zero-order chi connectivity index (χ0) is 40.1. The molecule has 0 bridgehead atoms. The van der Waals surface area contributed by atoms with Gasteiger partial charge in [-0.15, -0.1) is 13.2 Å². The van der Waals surface area contributed by atoms with Crippen molar-refractivity contribution < 1.29 is 0 Å². The number of nitrogens with zero attached hydrogens (tertiary/aromatic N) is 2. The largest absolute Gasteiger partial charge is 0.310 e. The Balaban J connectivity index is 1.47. The van der Waals surface area contributed by atoms with Gasteiger partial charge in [-0.25, -0.2) is 0 Å². The van der Waals surface area contributed by atoms with Crippen LogP contribution in [-0.2, 0) is 5.41 Å². The van der Waals surface area contributed by atoms with Crippen molar-refractivity contribution in [1.29, 1.82) is 0 Å². The highest BCUT2D eigenvalue weighted by Crippen LogP contribution is 2.57. The van der Waals surface area contributed by atoms with Crippen molar-refractivity contribution in [3.8, 4) is 11.1 Å². The predicted molar refractivity (Wildman–Crippen MR) is 248 cm³/mol. The van der Waals surface area contributed by atoms with Gasteiger partial charge in [-0.1, -0.05) is 109 Å². The molecule has 0 N–H and O–H groups in total. The molecule has 0 radical (unpaired) electrons. The van der Waals surface area contributed by atoms with Crippen LogP contribution in [0.2, 0.25) is 0 Å². The van der Waals surface area contributed by atoms with E-state index in [0.717, 1.165) is 51.4 Å². The highest BCUT2D eigenvalue weighted by atomic mass is 15.2. The fourth-order valence-electron chi connectivity index (χ4n) is 9.86. The third-order valence-corrected chi connectivity index (χ3v) is 12.1. The second-order valence-corrected chi connectivity index (χ2v) is 16.4. The third-order valence-electron chi connectivity index (χ3n) is 12.1. The van der Waals surface area contributed by atoms with Gasteiger partial charge in [0.25, 0.3) is 0 Å². The first-order valence-electron chi connectivity index (χ1n) is 21.0. The first-order valence-corrected chi connectivity index (χ1v) is 21.0. The number of hydrogen-bond donors (Lipinski definition) is 0. The Morgan fingerprint density at radius 1 is 0.439 bits per heavy atom. The zero-order valence-corrected chi connectivity index (χ0v) is 35.2. The monoisotopic (exact) mass is 748 g/mol. The summed E-state index contributed by atoms with van der Waals surface area (Å²) in [6, 6.07) is 45.8. The Morgan fingerprint density at radius 2 is 0.807 bits per heavy atom. The Kier molecular flexibility index (Phi) is 12.0. The van der Waals surface area contributed by atoms with Crippen LogP contribution in [0.25, 0.3) is 11.1 Å². The Hall–Kier alpha value is -5.60. The predicted octanol–water partition coefficient (Wildman–Crippen LogP) is 16.2. The maximum Gasteiger partial charge on any atom is 0.0520 e. The molecule has 0 spiro atoms. The van der Waals surface area contributed by atoms with Gasteiger partial charge in [0.15, 0.2) is 0 Å². The Labute approximate surface area is 343 Å². The van der Waals surface area contributed by atoms with E-state index in [0.29, 0.717) is 0 Å². The van der Waals surface area contributed by atoms with Crippen LogP contribution in [0.3, 0.4) is 0 Å². The number of fused-ring (bicyclic) bond motifs is 3. The number of rotatable bonds is 16. The molecule has 0 aliphatic heterocycles. The van der Waals surface area contributed by atoms with Crippen LogP contribution in [-0.4, -0.2) is 0 Å². The molecule has 2 heteroatoms. The summed E-state index contributed by atoms with van der Waals surface area (Å²) < 4.78 is 0. The molecule has 6 aromatic carbocycles. The van der Waals surface area contributed by atoms with Crippen molar-refractivity contribution in [3.63, 3.8) is 0 Å². The van der Waals surface area contributed by atoms with E-state index in [9.17, 15) is 0 Å². The van der Waals surface area contributed by atoms with Gasteiger partial charge in [0.2, 0.25) is 0 Å². The molecule has 0 amide bonds. The summed E-state index contributed by atoms with van der Waals surface area (Å²) in [6.07, 6.45) is 13.0. The molecule has 0 unspecified atom stereocenters. The number of allylic oxidation sites excluding steroid dienone is 2. The van der Waals surface area contributed by atoms with Crippen LogP contribution in [0.15, 0.2) is 147 Å². The molecule has 0 aromatic heterocycles. The second-order valence-electron chi connectivity index (χ2n) is 16.4. The smallest absolute Gasteiger partial charge is 0.0520 e. The van der Waals surface area contributed by atoms with Gasteiger partial charge in [-0.3, -0.25) is 0 Å². The highest BCUT2D eigenvalue weighted by molar-refractivity contribution is 5.90. The Bertz CT molecular complexity index is 2150. The van der Waals surface area contributed by atoms with Crippen molar-refractivity contribution in [2.75, 3.05) is 9.80 Å². The minimum atomic E-state index is -0.154. The topological polar surface area (TPSA) is 6.48 Å². The highest BCUT2D eigenvalue weighted by Gasteiger charge is 2.43. The molecule has 0 saturated heterocycles. The van der Waals surface area contributed by atoms with Gasteiger partial charge < -0.3 is 9.80 Å². The van der Waals surface area contributed by atoms with Crippen molar-refractivity contribution in [2.24, 2.45) is 0 Å². The van der Waals surface area contributed by atoms with E-state index in [1.165, 1.54) is 89.8 Å². The average molecular weight is 749 g/mol. The molecule has 2 nitrogen and oxygen atoms in total. The minimum absolute atomic E-state index is 0.154. The maximum absolute atomic E-state index is 4.09. The van der Waals surface area contributed by atoms with E-state index in [2.05, 4.69) is 198 Å². The lowest BCUT2D eigenvalue weighted by Gasteiger charge is -2.35. The standard InChI is InChI=1S/C55H60N2/c1-9-11-13-21-31-55(32-22-14-12-10-2)51-37-47(56(45-23-17-15-18-24-45)53-41(5)33-39(3)34-42(53)6)27-29-49(51)50-30-28-48(38-52(50)55)57(46-25-19-16-20-26-46)54-43(7)35-40(4)36-44(54)8/h9-10,15-20,23-30,33-38H,1-2,11-14,21-22,31-32H2,3-8H3. The van der Waals surface area contributed by atoms with E-state index in [-0.39, 0.29) is 5.41 Å². The summed E-state index contributed by atoms with van der Waals surface area (Å²) in [6.45, 7) is 21.6. The summed E-state index contributed by atoms with van der Waals surface area (Å²) in [5.74, 6) is 0. The fourth-order valence-corrected chi connectivity index (χ4v) is 9.86. The van der Waals surface area contributed by atoms with Gasteiger partial charge in [0.05, 0.1) is 11.4 Å². The van der Waals surface area contributed by atoms with Crippen molar-refractivity contribution in [3.05, 3.63) is 191 Å². The molecular weight excluding hydrogens is 689 g/mol. The van der Waals surface area contributed by atoms with Crippen LogP contribution in [0.5, 0.6) is 0 Å². The summed E-state index contributed by atoms with van der Waals surface area (Å²) in [4.78, 5) is 5.00. The van der Waals surface area contributed by atoms with Crippen LogP contribution >= 0.6 is 0 Å². The normalized spacial score (nSPS) is 12.5. The van der Waals surface area contributed by atoms with Crippen LogP contribution < -0.4 is 9.80 Å². The van der Waals surface area contributed by atoms with Crippen molar-refractivity contribution >= 4 is 34.1 Å². The zero-order valence-electron chi connectivity index (χ0n) is 35.2. The van der Waals surface area contributed by atoms with Crippen LogP contribution in [0, 0.1) is 41.5 Å². The van der Waals surface area contributed by atoms with E-state index in [1.54, 1.807) is 0 Å². The molecule has 57 heavy (non-hydrogen) atoms. The van der Waals surface area contributed by atoms with Gasteiger partial charge in [0, 0.05) is 28.2 Å². The van der Waals surface area contributed by atoms with Crippen LogP contribution in [0.4, 0.5) is 34.1 Å². The molecular formula is C55H60N2. The first kappa shape index (κ1) is 39.6. The summed E-state index contributed by atoms with van der Waals surface area (Å²) in [5, 5.41) is 0. The van der Waals surface area contributed by atoms with Crippen molar-refractivity contribution in [1.82, 2.24) is 0 Å². The molecule has 7 rings (SSSR count). The maximum atomic E-state index is 4.09. The van der Waals surface area contributed by atoms with E-state index >= 15 is 0 Å². The van der Waals surface area contributed by atoms with E-state index < -0.39 is 0 Å². The van der Waals surface area contributed by atoms with Gasteiger partial charge in [0.1, 0.15) is 0 Å². The third kappa shape index (κ3) is 7.88. The number of para-hydroxylation sites is 2. The Morgan fingerprint density at radius 3 is 1.16 bits per heavy atom. The number of benzene rings is 6. The van der Waals surface area contributed by atoms with Gasteiger partial charge in [-0.2, -0.15) is 0 Å². The quantitative estimate of drug-likeness (QED) is 0.0718. The van der Waals surface area contributed by atoms with Gasteiger partial charge >= 0.3 is 0 Å². The number of aryl methyl sites for hydroxylation is 6. The summed E-state index contributed by atoms with van der Waals surface area (Å²) >= 11 is 0. The second kappa shape index (κ2) is 17.3. The van der Waals surface area contributed by atoms with Gasteiger partial charge in [-0.05, 0) is 173 Å². The number of unbranched alkanes of at least 4 members (excludes halogenated alkanes) is 4. The lowest BCUT2D eigenvalue weighted by atomic mass is 9.70. The molecule has 1 aliphatic rings. The van der Waals surface area contributed by atoms with E-state index in [1.807, 2.05) is 0 Å². The molecule has 0 fully saturated rings. The molecule has 0 heterocycles. The average Bonchev–Trinajstić information content (AvgIpc) is 3.46. The lowest BCUT2D eigenvalue weighted by Crippen LogP contribution is -2.26. The molecule has 0 atom stereocenters. The SMILES string of the molecule is C=CCCCCC1(CCCCC=C)c2cc(N(c3ccccc3)c3c(C)cc(C)cc3C)ccc2-c2ccc(N(c3ccccc3)c3c(C)cc(C)cc3C)cc21. The number of anilines is 6. The summed E-state index contributed by atoms with van der Waals surface area (Å²) in [5.41, 5.74) is 20.5. The minimum Gasteiger partial charge on any atom is -0.310 e. The van der Waals surface area contributed by atoms with Crippen LogP contribution in [0.1, 0.15) is 95.9 Å². The fraction of sp³-hybridized carbons (Fsp3) is 0.273. The molecule has 0 saturated carbocycles. The summed E-state index contributed by atoms with van der Waals surface area (Å²) in [7, 11) is 0. The first-order chi connectivity index (χ1) is 27.7. The van der Waals surface area contributed by atoms with Crippen molar-refractivity contribution in [2.45, 2.75) is 98.3 Å². The number of hydrogen-bond acceptors (Lipinski definition) is 2.